The summed E-state index contributed by atoms with van der Waals surface area (Å²) in [6.07, 6.45) is 7.31. The second-order valence-corrected chi connectivity index (χ2v) is 10.0. The van der Waals surface area contributed by atoms with Gasteiger partial charge in [-0.3, -0.25) is 9.78 Å². The van der Waals surface area contributed by atoms with Gasteiger partial charge in [-0.05, 0) is 85.0 Å². The van der Waals surface area contributed by atoms with Crippen molar-refractivity contribution >= 4 is 11.6 Å². The molecular weight excluding hydrogens is 441 g/mol. The molecule has 0 unspecified atom stereocenters. The van der Waals surface area contributed by atoms with Gasteiger partial charge in [0.1, 0.15) is 5.82 Å². The first-order valence-corrected chi connectivity index (χ1v) is 12.4. The van der Waals surface area contributed by atoms with Crippen molar-refractivity contribution in [3.05, 3.63) is 95.1 Å². The molecule has 0 saturated carbocycles. The smallest absolute Gasteiger partial charge is 0.253 e. The number of hydrogen-bond donors (Lipinski definition) is 1. The molecule has 2 aliphatic heterocycles. The maximum absolute atomic E-state index is 13.5. The molecule has 1 amide bonds. The number of aromatic nitrogens is 1. The van der Waals surface area contributed by atoms with Crippen LogP contribution in [0.25, 0.3) is 0 Å². The molecule has 1 aromatic heterocycles. The van der Waals surface area contributed by atoms with Crippen LogP contribution in [-0.4, -0.2) is 41.6 Å². The van der Waals surface area contributed by atoms with Crippen LogP contribution in [0.1, 0.15) is 46.3 Å². The van der Waals surface area contributed by atoms with E-state index in [-0.39, 0.29) is 23.2 Å². The predicted molar refractivity (Wildman–Crippen MR) is 135 cm³/mol. The number of hydrogen-bond acceptors (Lipinski definition) is 4. The number of rotatable bonds is 6. The summed E-state index contributed by atoms with van der Waals surface area (Å²) in [5, 5.41) is 3.44. The Morgan fingerprint density at radius 3 is 2.74 bits per heavy atom. The third-order valence-electron chi connectivity index (χ3n) is 7.44. The number of pyridine rings is 1. The van der Waals surface area contributed by atoms with Gasteiger partial charge in [-0.2, -0.15) is 0 Å². The largest absolute Gasteiger partial charge is 0.381 e. The van der Waals surface area contributed by atoms with Crippen molar-refractivity contribution in [3.8, 4) is 0 Å². The Labute approximate surface area is 206 Å². The normalized spacial score (nSPS) is 19.1. The van der Waals surface area contributed by atoms with E-state index in [9.17, 15) is 9.18 Å². The fourth-order valence-corrected chi connectivity index (χ4v) is 5.31. The second-order valence-electron chi connectivity index (χ2n) is 10.0. The summed E-state index contributed by atoms with van der Waals surface area (Å²) in [7, 11) is 0. The van der Waals surface area contributed by atoms with Gasteiger partial charge >= 0.3 is 0 Å². The maximum atomic E-state index is 13.5. The van der Waals surface area contributed by atoms with Gasteiger partial charge in [0.15, 0.2) is 0 Å². The quantitative estimate of drug-likeness (QED) is 0.521. The highest BCUT2D eigenvalue weighted by atomic mass is 19.1. The van der Waals surface area contributed by atoms with E-state index in [2.05, 4.69) is 10.3 Å². The highest BCUT2D eigenvalue weighted by Crippen LogP contribution is 2.43. The van der Waals surface area contributed by atoms with Crippen molar-refractivity contribution in [1.82, 2.24) is 9.88 Å². The molecular formula is C29H32FN3O2. The minimum atomic E-state index is -0.200. The molecule has 1 spiro atoms. The fourth-order valence-electron chi connectivity index (χ4n) is 5.31. The number of carbonyl (C=O) groups excluding carboxylic acids is 1. The average molecular weight is 474 g/mol. The summed E-state index contributed by atoms with van der Waals surface area (Å²) in [6.45, 7) is 4.91. The SMILES string of the molecule is Cc1ccc(C(=O)N2CCC3(CC2)CO[C@H](Cc2cccc(F)c2)C3)cc1NCc1cccnc1. The Morgan fingerprint density at radius 2 is 1.97 bits per heavy atom. The third kappa shape index (κ3) is 5.54. The second kappa shape index (κ2) is 10.2. The van der Waals surface area contributed by atoms with E-state index >= 15 is 0 Å². The van der Waals surface area contributed by atoms with Crippen LogP contribution in [0.5, 0.6) is 0 Å². The predicted octanol–water partition coefficient (Wildman–Crippen LogP) is 5.40. The molecule has 3 aromatic rings. The highest BCUT2D eigenvalue weighted by molar-refractivity contribution is 5.95. The van der Waals surface area contributed by atoms with Crippen molar-refractivity contribution in [1.29, 1.82) is 0 Å². The van der Waals surface area contributed by atoms with Gasteiger partial charge in [-0.15, -0.1) is 0 Å². The van der Waals surface area contributed by atoms with Gasteiger partial charge in [-0.25, -0.2) is 4.39 Å². The topological polar surface area (TPSA) is 54.5 Å². The van der Waals surface area contributed by atoms with E-state index in [0.29, 0.717) is 12.1 Å². The molecule has 5 nitrogen and oxygen atoms in total. The maximum Gasteiger partial charge on any atom is 0.253 e. The molecule has 182 valence electrons. The number of benzene rings is 2. The molecule has 1 N–H and O–H groups in total. The Balaban J connectivity index is 1.17. The molecule has 2 aromatic carbocycles. The first kappa shape index (κ1) is 23.5. The number of amides is 1. The van der Waals surface area contributed by atoms with Gasteiger partial charge in [0.25, 0.3) is 5.91 Å². The standard InChI is InChI=1S/C29H32FN3O2/c1-21-7-8-24(16-27(21)32-19-23-5-3-11-31-18-23)28(34)33-12-9-29(10-13-33)17-26(35-20-29)15-22-4-2-6-25(30)14-22/h2-8,11,14,16,18,26,32H,9-10,12-13,15,17,19-20H2,1H3/t26-/m1/s1. The molecule has 2 aliphatic rings. The van der Waals surface area contributed by atoms with Crippen LogP contribution < -0.4 is 5.32 Å². The minimum Gasteiger partial charge on any atom is -0.381 e. The number of nitrogens with one attached hydrogen (secondary N) is 1. The van der Waals surface area contributed by atoms with Gasteiger partial charge in [-0.1, -0.05) is 24.3 Å². The lowest BCUT2D eigenvalue weighted by Gasteiger charge is -2.38. The monoisotopic (exact) mass is 473 g/mol. The van der Waals surface area contributed by atoms with Gasteiger partial charge < -0.3 is 15.0 Å². The Bertz CT molecular complexity index is 1180. The molecule has 35 heavy (non-hydrogen) atoms. The number of piperidine rings is 1. The molecule has 6 heteroatoms. The van der Waals surface area contributed by atoms with Crippen LogP contribution in [0.15, 0.2) is 67.0 Å². The first-order valence-electron chi connectivity index (χ1n) is 12.4. The number of anilines is 1. The molecule has 5 rings (SSSR count). The Morgan fingerprint density at radius 1 is 1.14 bits per heavy atom. The van der Waals surface area contributed by atoms with Crippen LogP contribution in [0, 0.1) is 18.2 Å². The van der Waals surface area contributed by atoms with Crippen molar-refractivity contribution in [2.45, 2.75) is 45.3 Å². The molecule has 2 saturated heterocycles. The summed E-state index contributed by atoms with van der Waals surface area (Å²) >= 11 is 0. The average Bonchev–Trinajstić information content (AvgIpc) is 3.26. The van der Waals surface area contributed by atoms with Crippen LogP contribution in [0.4, 0.5) is 10.1 Å². The van der Waals surface area contributed by atoms with Crippen molar-refractivity contribution in [2.75, 3.05) is 25.0 Å². The summed E-state index contributed by atoms with van der Waals surface area (Å²) in [5.74, 6) is -0.118. The zero-order valence-corrected chi connectivity index (χ0v) is 20.2. The van der Waals surface area contributed by atoms with Gasteiger partial charge in [0, 0.05) is 43.3 Å². The molecule has 1 atom stereocenters. The highest BCUT2D eigenvalue weighted by Gasteiger charge is 2.43. The Kier molecular flexibility index (Phi) is 6.82. The molecule has 2 fully saturated rings. The molecule has 3 heterocycles. The molecule has 0 radical (unpaired) electrons. The van der Waals surface area contributed by atoms with Crippen LogP contribution in [0.2, 0.25) is 0 Å². The van der Waals surface area contributed by atoms with Crippen LogP contribution in [0.3, 0.4) is 0 Å². The minimum absolute atomic E-state index is 0.0829. The van der Waals surface area contributed by atoms with Crippen molar-refractivity contribution < 1.29 is 13.9 Å². The lowest BCUT2D eigenvalue weighted by Crippen LogP contribution is -2.43. The zero-order valence-electron chi connectivity index (χ0n) is 20.2. The van der Waals surface area contributed by atoms with Gasteiger partial charge in [0.05, 0.1) is 12.7 Å². The summed E-state index contributed by atoms with van der Waals surface area (Å²) < 4.78 is 19.7. The summed E-state index contributed by atoms with van der Waals surface area (Å²) in [6, 6.07) is 16.6. The van der Waals surface area contributed by atoms with E-state index in [1.54, 1.807) is 18.3 Å². The zero-order chi connectivity index (χ0) is 24.3. The first-order chi connectivity index (χ1) is 17.0. The number of carbonyl (C=O) groups is 1. The summed E-state index contributed by atoms with van der Waals surface area (Å²) in [5.41, 5.74) is 4.99. The summed E-state index contributed by atoms with van der Waals surface area (Å²) in [4.78, 5) is 19.4. The van der Waals surface area contributed by atoms with E-state index < -0.39 is 0 Å². The van der Waals surface area contributed by atoms with E-state index in [0.717, 1.165) is 67.8 Å². The molecule has 0 aliphatic carbocycles. The number of aryl methyl sites for hydroxylation is 1. The fraction of sp³-hybridized carbons (Fsp3) is 0.379. The van der Waals surface area contributed by atoms with Crippen molar-refractivity contribution in [3.63, 3.8) is 0 Å². The van der Waals surface area contributed by atoms with Crippen molar-refractivity contribution in [2.24, 2.45) is 5.41 Å². The number of likely N-dealkylation sites (tertiary alicyclic amines) is 1. The van der Waals surface area contributed by atoms with E-state index in [4.69, 9.17) is 4.74 Å². The number of ether oxygens (including phenoxy) is 1. The third-order valence-corrected chi connectivity index (χ3v) is 7.44. The van der Waals surface area contributed by atoms with Crippen LogP contribution in [-0.2, 0) is 17.7 Å². The van der Waals surface area contributed by atoms with Gasteiger partial charge in [0.2, 0.25) is 0 Å². The number of nitrogens with zero attached hydrogens (tertiary/aromatic N) is 2. The van der Waals surface area contributed by atoms with Crippen LogP contribution >= 0.6 is 0 Å². The number of halogens is 1. The lowest BCUT2D eigenvalue weighted by atomic mass is 9.76. The van der Waals surface area contributed by atoms with E-state index in [1.165, 1.54) is 6.07 Å². The molecule has 0 bridgehead atoms. The Hall–Kier alpha value is -3.25. The van der Waals surface area contributed by atoms with E-state index in [1.807, 2.05) is 54.4 Å². The lowest BCUT2D eigenvalue weighted by molar-refractivity contribution is 0.0496.